The maximum atomic E-state index is 11.0. The number of methoxy groups -OCH3 is 1. The molecule has 9 heavy (non-hydrogen) atoms. The van der Waals surface area contributed by atoms with Gasteiger partial charge in [0.2, 0.25) is 0 Å². The molecule has 3 nitrogen and oxygen atoms in total. The Labute approximate surface area is 53.6 Å². The number of hydrogen-bond acceptors (Lipinski definition) is 2. The van der Waals surface area contributed by atoms with Crippen LogP contribution in [0, 0.1) is 0 Å². The molecule has 1 fully saturated rings. The van der Waals surface area contributed by atoms with Crippen molar-refractivity contribution in [2.45, 2.75) is 24.9 Å². The van der Waals surface area contributed by atoms with Crippen LogP contribution < -0.4 is 0 Å². The molecule has 0 aromatic rings. The van der Waals surface area contributed by atoms with Gasteiger partial charge in [0.05, 0.1) is 7.11 Å². The van der Waals surface area contributed by atoms with E-state index >= 15 is 0 Å². The zero-order chi connectivity index (χ0) is 6.91. The van der Waals surface area contributed by atoms with E-state index < -0.39 is 11.6 Å². The van der Waals surface area contributed by atoms with Crippen LogP contribution in [0.1, 0.15) is 19.3 Å². The molecule has 0 atom stereocenters. The van der Waals surface area contributed by atoms with E-state index in [2.05, 4.69) is 4.74 Å². The van der Waals surface area contributed by atoms with Gasteiger partial charge in [0, 0.05) is 0 Å². The number of esters is 1. The van der Waals surface area contributed by atoms with Crippen LogP contribution in [-0.4, -0.2) is 18.7 Å². The Morgan fingerprint density at radius 1 is 1.56 bits per heavy atom. The van der Waals surface area contributed by atoms with Gasteiger partial charge in [-0.15, -0.1) is 0 Å². The van der Waals surface area contributed by atoms with E-state index in [0.717, 1.165) is 6.42 Å². The van der Waals surface area contributed by atoms with E-state index in [4.69, 9.17) is 0 Å². The van der Waals surface area contributed by atoms with E-state index in [1.54, 1.807) is 0 Å². The minimum atomic E-state index is -1.38. The Hall–Kier alpha value is -0.570. The molecular formula is C6H9O3. The molecule has 0 bridgehead atoms. The standard InChI is InChI=1S/C6H9O3/c1-9-5(7)6(8)3-2-4-6/h2-4H2,1H3. The topological polar surface area (TPSA) is 46.2 Å². The van der Waals surface area contributed by atoms with Gasteiger partial charge in [0.15, 0.2) is 5.60 Å². The summed E-state index contributed by atoms with van der Waals surface area (Å²) in [6, 6.07) is 0. The SMILES string of the molecule is COC(=O)C1([O])CCC1. The molecular weight excluding hydrogens is 120 g/mol. The van der Waals surface area contributed by atoms with Crippen molar-refractivity contribution in [3.8, 4) is 0 Å². The van der Waals surface area contributed by atoms with E-state index in [9.17, 15) is 9.90 Å². The second-order valence-electron chi connectivity index (χ2n) is 2.34. The summed E-state index contributed by atoms with van der Waals surface area (Å²) in [4.78, 5) is 10.6. The Bertz CT molecular complexity index is 126. The fourth-order valence-electron chi connectivity index (χ4n) is 0.888. The molecule has 0 saturated heterocycles. The Morgan fingerprint density at radius 2 is 2.11 bits per heavy atom. The molecule has 1 rings (SSSR count). The normalized spacial score (nSPS) is 22.4. The van der Waals surface area contributed by atoms with Crippen LogP contribution in [0.5, 0.6) is 0 Å². The van der Waals surface area contributed by atoms with Crippen LogP contribution in [0.2, 0.25) is 0 Å². The fraction of sp³-hybridized carbons (Fsp3) is 0.833. The van der Waals surface area contributed by atoms with Gasteiger partial charge in [-0.25, -0.2) is 9.90 Å². The average molecular weight is 129 g/mol. The molecule has 0 N–H and O–H groups in total. The number of ether oxygens (including phenoxy) is 1. The maximum absolute atomic E-state index is 11.0. The van der Waals surface area contributed by atoms with E-state index in [1.807, 2.05) is 0 Å². The predicted molar refractivity (Wildman–Crippen MR) is 29.3 cm³/mol. The smallest absolute Gasteiger partial charge is 0.341 e. The highest BCUT2D eigenvalue weighted by Crippen LogP contribution is 2.32. The van der Waals surface area contributed by atoms with Crippen LogP contribution >= 0.6 is 0 Å². The molecule has 0 amide bonds. The molecule has 1 radical (unpaired) electrons. The quantitative estimate of drug-likeness (QED) is 0.484. The van der Waals surface area contributed by atoms with Crippen LogP contribution in [0.4, 0.5) is 0 Å². The summed E-state index contributed by atoms with van der Waals surface area (Å²) in [5.41, 5.74) is -1.38. The Balaban J connectivity index is 2.49. The first-order valence-corrected chi connectivity index (χ1v) is 2.98. The van der Waals surface area contributed by atoms with Crippen LogP contribution in [0.15, 0.2) is 0 Å². The summed E-state index contributed by atoms with van der Waals surface area (Å²) in [6.45, 7) is 0. The van der Waals surface area contributed by atoms with Gasteiger partial charge in [-0.05, 0) is 19.3 Å². The highest BCUT2D eigenvalue weighted by Gasteiger charge is 2.45. The number of carbonyl (C=O) groups excluding carboxylic acids is 1. The minimum Gasteiger partial charge on any atom is -0.467 e. The van der Waals surface area contributed by atoms with Gasteiger partial charge in [-0.1, -0.05) is 0 Å². The van der Waals surface area contributed by atoms with Gasteiger partial charge in [0.1, 0.15) is 0 Å². The molecule has 1 aliphatic carbocycles. The molecule has 0 aromatic carbocycles. The lowest BCUT2D eigenvalue weighted by molar-refractivity contribution is -0.182. The number of hydrogen-bond donors (Lipinski definition) is 0. The molecule has 1 aliphatic rings. The molecule has 51 valence electrons. The lowest BCUT2D eigenvalue weighted by Gasteiger charge is -2.30. The van der Waals surface area contributed by atoms with Crippen molar-refractivity contribution < 1.29 is 14.6 Å². The van der Waals surface area contributed by atoms with Crippen molar-refractivity contribution in [1.29, 1.82) is 0 Å². The third-order valence-corrected chi connectivity index (χ3v) is 1.72. The second kappa shape index (κ2) is 1.99. The van der Waals surface area contributed by atoms with Crippen LogP contribution in [0.25, 0.3) is 0 Å². The maximum Gasteiger partial charge on any atom is 0.341 e. The molecule has 3 heteroatoms. The van der Waals surface area contributed by atoms with Gasteiger partial charge in [-0.3, -0.25) is 0 Å². The lowest BCUT2D eigenvalue weighted by atomic mass is 9.80. The van der Waals surface area contributed by atoms with Gasteiger partial charge < -0.3 is 4.74 Å². The lowest BCUT2D eigenvalue weighted by Crippen LogP contribution is -2.44. The van der Waals surface area contributed by atoms with Crippen LogP contribution in [-0.2, 0) is 14.6 Å². The van der Waals surface area contributed by atoms with Crippen molar-refractivity contribution in [1.82, 2.24) is 0 Å². The first-order valence-electron chi connectivity index (χ1n) is 2.98. The van der Waals surface area contributed by atoms with Crippen molar-refractivity contribution >= 4 is 5.97 Å². The third kappa shape index (κ3) is 0.920. The van der Waals surface area contributed by atoms with Crippen molar-refractivity contribution in [2.24, 2.45) is 0 Å². The highest BCUT2D eigenvalue weighted by atomic mass is 16.5. The first kappa shape index (κ1) is 6.55. The van der Waals surface area contributed by atoms with Crippen molar-refractivity contribution in [2.75, 3.05) is 7.11 Å². The van der Waals surface area contributed by atoms with E-state index in [0.29, 0.717) is 12.8 Å². The Kier molecular flexibility index (Phi) is 1.45. The zero-order valence-electron chi connectivity index (χ0n) is 5.35. The molecule has 0 spiro atoms. The fourth-order valence-corrected chi connectivity index (χ4v) is 0.888. The average Bonchev–Trinajstić information content (AvgIpc) is 1.81. The minimum absolute atomic E-state index is 0.444. The molecule has 0 heterocycles. The molecule has 0 unspecified atom stereocenters. The van der Waals surface area contributed by atoms with Gasteiger partial charge in [0.25, 0.3) is 0 Å². The first-order chi connectivity index (χ1) is 4.19. The zero-order valence-corrected chi connectivity index (χ0v) is 5.35. The van der Waals surface area contributed by atoms with Crippen molar-refractivity contribution in [3.63, 3.8) is 0 Å². The van der Waals surface area contributed by atoms with Gasteiger partial charge >= 0.3 is 5.97 Å². The predicted octanol–water partition coefficient (Wildman–Crippen LogP) is 0.513. The monoisotopic (exact) mass is 129 g/mol. The molecule has 0 aromatic heterocycles. The second-order valence-corrected chi connectivity index (χ2v) is 2.34. The van der Waals surface area contributed by atoms with Gasteiger partial charge in [-0.2, -0.15) is 0 Å². The summed E-state index contributed by atoms with van der Waals surface area (Å²) in [6.07, 6.45) is 1.75. The summed E-state index contributed by atoms with van der Waals surface area (Å²) in [5.74, 6) is -0.603. The van der Waals surface area contributed by atoms with Crippen molar-refractivity contribution in [3.05, 3.63) is 0 Å². The van der Waals surface area contributed by atoms with Crippen LogP contribution in [0.3, 0.4) is 0 Å². The number of carbonyl (C=O) groups is 1. The summed E-state index contributed by atoms with van der Waals surface area (Å²) < 4.78 is 4.31. The summed E-state index contributed by atoms with van der Waals surface area (Å²) in [5, 5.41) is 11.0. The summed E-state index contributed by atoms with van der Waals surface area (Å²) in [7, 11) is 1.25. The third-order valence-electron chi connectivity index (χ3n) is 1.72. The summed E-state index contributed by atoms with van der Waals surface area (Å²) >= 11 is 0. The number of rotatable bonds is 1. The molecule has 0 aliphatic heterocycles. The van der Waals surface area contributed by atoms with E-state index in [1.165, 1.54) is 7.11 Å². The Morgan fingerprint density at radius 3 is 2.22 bits per heavy atom. The van der Waals surface area contributed by atoms with E-state index in [-0.39, 0.29) is 0 Å². The largest absolute Gasteiger partial charge is 0.467 e. The highest BCUT2D eigenvalue weighted by molar-refractivity contribution is 5.79. The molecule has 1 saturated carbocycles.